The van der Waals surface area contributed by atoms with Crippen LogP contribution >= 0.6 is 0 Å². The second kappa shape index (κ2) is 15.3. The Hall–Kier alpha value is -1.54. The van der Waals surface area contributed by atoms with Crippen molar-refractivity contribution < 1.29 is 28.5 Å². The van der Waals surface area contributed by atoms with Gasteiger partial charge in [0.05, 0.1) is 23.7 Å². The van der Waals surface area contributed by atoms with Crippen LogP contribution in [0.4, 0.5) is 9.59 Å². The van der Waals surface area contributed by atoms with Crippen molar-refractivity contribution in [1.29, 1.82) is 0 Å². The van der Waals surface area contributed by atoms with Crippen molar-refractivity contribution in [3.05, 3.63) is 0 Å². The maximum absolute atomic E-state index is 12.8. The van der Waals surface area contributed by atoms with E-state index in [1.165, 1.54) is 0 Å². The van der Waals surface area contributed by atoms with E-state index in [-0.39, 0.29) is 36.9 Å². The van der Waals surface area contributed by atoms with Gasteiger partial charge in [-0.2, -0.15) is 0 Å². The zero-order chi connectivity index (χ0) is 29.8. The number of rotatable bonds is 17. The van der Waals surface area contributed by atoms with E-state index in [4.69, 9.17) is 18.9 Å². The van der Waals surface area contributed by atoms with Crippen LogP contribution in [0.3, 0.4) is 0 Å². The average molecular weight is 545 g/mol. The van der Waals surface area contributed by atoms with Crippen molar-refractivity contribution >= 4 is 12.2 Å². The predicted octanol–water partition coefficient (Wildman–Crippen LogP) is 7.24. The van der Waals surface area contributed by atoms with Gasteiger partial charge in [-0.3, -0.25) is 0 Å². The molecular formula is C30H60N2O6. The van der Waals surface area contributed by atoms with Gasteiger partial charge in [-0.15, -0.1) is 0 Å². The molecule has 0 aliphatic rings. The second-order valence-corrected chi connectivity index (χ2v) is 14.2. The highest BCUT2D eigenvalue weighted by atomic mass is 16.6. The highest BCUT2D eigenvalue weighted by Gasteiger charge is 2.36. The molecule has 2 N–H and O–H groups in total. The number of alkyl carbamates (subject to hydrolysis) is 2. The number of carbonyl (C=O) groups excluding carboxylic acids is 2. The summed E-state index contributed by atoms with van der Waals surface area (Å²) in [5.41, 5.74) is -1.91. The Kier molecular flexibility index (Phi) is 14.7. The fourth-order valence-electron chi connectivity index (χ4n) is 4.51. The van der Waals surface area contributed by atoms with E-state index < -0.39 is 28.7 Å². The molecule has 8 heteroatoms. The number of hydrogen-bond donors (Lipinski definition) is 2. The Balaban J connectivity index is 5.47. The number of nitrogens with one attached hydrogen (secondary N) is 2. The molecule has 0 saturated carbocycles. The zero-order valence-electron chi connectivity index (χ0n) is 26.9. The minimum atomic E-state index is -0.700. The van der Waals surface area contributed by atoms with Gasteiger partial charge in [0.25, 0.3) is 0 Å². The molecule has 1 unspecified atom stereocenters. The lowest BCUT2D eigenvalue weighted by molar-refractivity contribution is -0.107. The molecule has 0 saturated heterocycles. The lowest BCUT2D eigenvalue weighted by Crippen LogP contribution is -2.49. The molecule has 8 nitrogen and oxygen atoms in total. The highest BCUT2D eigenvalue weighted by molar-refractivity contribution is 5.68. The largest absolute Gasteiger partial charge is 0.449 e. The van der Waals surface area contributed by atoms with Crippen molar-refractivity contribution in [2.24, 2.45) is 10.8 Å². The lowest BCUT2D eigenvalue weighted by atomic mass is 9.82. The minimum absolute atomic E-state index is 0.0510. The molecule has 2 amide bonds. The van der Waals surface area contributed by atoms with Gasteiger partial charge in [0.1, 0.15) is 13.2 Å². The van der Waals surface area contributed by atoms with Crippen molar-refractivity contribution in [1.82, 2.24) is 10.6 Å². The molecule has 0 fully saturated rings. The van der Waals surface area contributed by atoms with Gasteiger partial charge in [0, 0.05) is 17.7 Å². The van der Waals surface area contributed by atoms with Gasteiger partial charge in [-0.05, 0) is 86.5 Å². The molecule has 0 bridgehead atoms. The molecule has 0 aromatic heterocycles. The fraction of sp³-hybridized carbons (Fsp3) is 0.933. The maximum atomic E-state index is 12.8. The molecule has 1 atom stereocenters. The standard InChI is InChI=1S/C30H60N2O6/c1-14-16-27(8,9)31-24(33)36-20-30(15-2,22-38-29(12,13)17-18-35-23(3)4)21-37-25(34)32-28(10,11)19-26(5,6)7/h23H,14-22H2,1-13H3,(H,31,33)(H,32,34). The van der Waals surface area contributed by atoms with Crippen LogP contribution in [0.2, 0.25) is 0 Å². The molecule has 0 rings (SSSR count). The molecule has 0 aromatic carbocycles. The van der Waals surface area contributed by atoms with E-state index in [0.717, 1.165) is 19.3 Å². The molecule has 226 valence electrons. The molecular weight excluding hydrogens is 484 g/mol. The summed E-state index contributed by atoms with van der Waals surface area (Å²) in [7, 11) is 0. The van der Waals surface area contributed by atoms with Crippen LogP contribution in [0.25, 0.3) is 0 Å². The maximum Gasteiger partial charge on any atom is 0.407 e. The van der Waals surface area contributed by atoms with Crippen molar-refractivity contribution in [2.75, 3.05) is 26.4 Å². The van der Waals surface area contributed by atoms with Gasteiger partial charge in [0.2, 0.25) is 0 Å². The van der Waals surface area contributed by atoms with Crippen LogP contribution in [-0.4, -0.2) is 61.4 Å². The molecule has 0 aliphatic carbocycles. The summed E-state index contributed by atoms with van der Waals surface area (Å²) in [5, 5.41) is 5.94. The zero-order valence-corrected chi connectivity index (χ0v) is 26.9. The topological polar surface area (TPSA) is 95.1 Å². The van der Waals surface area contributed by atoms with Crippen LogP contribution in [0.1, 0.15) is 122 Å². The molecule has 0 aromatic rings. The summed E-state index contributed by atoms with van der Waals surface area (Å²) < 4.78 is 23.5. The first-order chi connectivity index (χ1) is 17.2. The monoisotopic (exact) mass is 544 g/mol. The van der Waals surface area contributed by atoms with E-state index >= 15 is 0 Å². The van der Waals surface area contributed by atoms with E-state index in [1.807, 2.05) is 62.3 Å². The number of amides is 2. The Morgan fingerprint density at radius 3 is 1.66 bits per heavy atom. The van der Waals surface area contributed by atoms with Crippen LogP contribution in [0.15, 0.2) is 0 Å². The Bertz CT molecular complexity index is 712. The van der Waals surface area contributed by atoms with E-state index in [0.29, 0.717) is 19.4 Å². The van der Waals surface area contributed by atoms with E-state index in [1.54, 1.807) is 0 Å². The van der Waals surface area contributed by atoms with Gasteiger partial charge >= 0.3 is 12.2 Å². The first-order valence-corrected chi connectivity index (χ1v) is 14.3. The van der Waals surface area contributed by atoms with Crippen LogP contribution in [-0.2, 0) is 18.9 Å². The summed E-state index contributed by atoms with van der Waals surface area (Å²) in [6.07, 6.45) is 3.06. The van der Waals surface area contributed by atoms with Crippen LogP contribution in [0.5, 0.6) is 0 Å². The van der Waals surface area contributed by atoms with Gasteiger partial charge in [0.15, 0.2) is 0 Å². The Morgan fingerprint density at radius 2 is 1.24 bits per heavy atom. The number of carbonyl (C=O) groups is 2. The summed E-state index contributed by atoms with van der Waals surface area (Å²) in [4.78, 5) is 25.5. The van der Waals surface area contributed by atoms with Crippen molar-refractivity contribution in [3.63, 3.8) is 0 Å². The normalized spacial score (nSPS) is 14.7. The van der Waals surface area contributed by atoms with Crippen molar-refractivity contribution in [2.45, 2.75) is 145 Å². The summed E-state index contributed by atoms with van der Waals surface area (Å²) in [6, 6.07) is 0. The molecule has 38 heavy (non-hydrogen) atoms. The van der Waals surface area contributed by atoms with Crippen molar-refractivity contribution in [3.8, 4) is 0 Å². The number of ether oxygens (including phenoxy) is 4. The smallest absolute Gasteiger partial charge is 0.407 e. The third kappa shape index (κ3) is 17.1. The fourth-order valence-corrected chi connectivity index (χ4v) is 4.51. The predicted molar refractivity (Wildman–Crippen MR) is 155 cm³/mol. The lowest BCUT2D eigenvalue weighted by Gasteiger charge is -2.37. The number of hydrogen-bond acceptors (Lipinski definition) is 6. The first kappa shape index (κ1) is 36.5. The molecule has 0 radical (unpaired) electrons. The summed E-state index contributed by atoms with van der Waals surface area (Å²) in [6.45, 7) is 27.4. The van der Waals surface area contributed by atoms with Crippen LogP contribution in [0, 0.1) is 10.8 Å². The Labute approximate surface area is 233 Å². The van der Waals surface area contributed by atoms with E-state index in [2.05, 4.69) is 38.3 Å². The molecule has 0 heterocycles. The van der Waals surface area contributed by atoms with E-state index in [9.17, 15) is 9.59 Å². The first-order valence-electron chi connectivity index (χ1n) is 14.3. The SMILES string of the molecule is CCCC(C)(C)NC(=O)OCC(CC)(COC(=O)NC(C)(C)CC(C)(C)C)COC(C)(C)CCOC(C)C. The minimum Gasteiger partial charge on any atom is -0.449 e. The summed E-state index contributed by atoms with van der Waals surface area (Å²) >= 11 is 0. The van der Waals surface area contributed by atoms with Gasteiger partial charge in [-0.25, -0.2) is 9.59 Å². The summed E-state index contributed by atoms with van der Waals surface area (Å²) in [5.74, 6) is 0. The second-order valence-electron chi connectivity index (χ2n) is 14.2. The van der Waals surface area contributed by atoms with Gasteiger partial charge < -0.3 is 29.6 Å². The molecule has 0 aliphatic heterocycles. The van der Waals surface area contributed by atoms with Gasteiger partial charge in [-0.1, -0.05) is 41.0 Å². The molecule has 0 spiro atoms. The average Bonchev–Trinajstić information content (AvgIpc) is 2.70. The Morgan fingerprint density at radius 1 is 0.737 bits per heavy atom. The quantitative estimate of drug-likeness (QED) is 0.200. The van der Waals surface area contributed by atoms with Crippen LogP contribution < -0.4 is 10.6 Å². The third-order valence-electron chi connectivity index (χ3n) is 6.42. The highest BCUT2D eigenvalue weighted by Crippen LogP contribution is 2.29. The third-order valence-corrected chi connectivity index (χ3v) is 6.42.